The van der Waals surface area contributed by atoms with Crippen molar-refractivity contribution in [3.05, 3.63) is 78.1 Å². The molecule has 3 amide bonds. The number of imide groups is 1. The first-order valence-corrected chi connectivity index (χ1v) is 7.97. The second kappa shape index (κ2) is 6.02. The van der Waals surface area contributed by atoms with Gasteiger partial charge in [-0.05, 0) is 29.1 Å². The summed E-state index contributed by atoms with van der Waals surface area (Å²) in [4.78, 5) is 28.0. The minimum absolute atomic E-state index is 0.0133. The number of carbonyl (C=O) groups excluding carboxylic acids is 2. The smallest absolute Gasteiger partial charge is 0.310 e. The molecule has 0 bridgehead atoms. The first-order chi connectivity index (χ1) is 12.1. The fourth-order valence-corrected chi connectivity index (χ4v) is 3.12. The number of carbonyl (C=O) groups is 2. The Morgan fingerprint density at radius 1 is 0.880 bits per heavy atom. The van der Waals surface area contributed by atoms with E-state index in [4.69, 9.17) is 0 Å². The van der Waals surface area contributed by atoms with E-state index < -0.39 is 0 Å². The molecule has 4 nitrogen and oxygen atoms in total. The molecule has 3 aromatic carbocycles. The molecule has 1 saturated heterocycles. The van der Waals surface area contributed by atoms with Gasteiger partial charge in [0, 0.05) is 11.9 Å². The van der Waals surface area contributed by atoms with Gasteiger partial charge < -0.3 is 4.90 Å². The van der Waals surface area contributed by atoms with E-state index in [1.807, 2.05) is 36.4 Å². The quantitative estimate of drug-likeness (QED) is 0.681. The molecule has 25 heavy (non-hydrogen) atoms. The topological polar surface area (TPSA) is 40.6 Å². The molecule has 3 aromatic rings. The number of amides is 3. The van der Waals surface area contributed by atoms with Gasteiger partial charge in [0.15, 0.2) is 0 Å². The highest BCUT2D eigenvalue weighted by Crippen LogP contribution is 2.30. The van der Waals surface area contributed by atoms with Crippen LogP contribution in [0.4, 0.5) is 14.9 Å². The van der Waals surface area contributed by atoms with Crippen LogP contribution < -0.4 is 4.90 Å². The zero-order valence-electron chi connectivity index (χ0n) is 13.4. The molecule has 0 atom stereocenters. The molecule has 0 N–H and O–H groups in total. The number of fused-ring (bicyclic) bond motifs is 1. The molecule has 0 aromatic heterocycles. The molecule has 1 fully saturated rings. The lowest BCUT2D eigenvalue weighted by Crippen LogP contribution is -2.32. The first-order valence-electron chi connectivity index (χ1n) is 7.97. The van der Waals surface area contributed by atoms with E-state index in [1.165, 1.54) is 21.9 Å². The molecule has 0 spiro atoms. The van der Waals surface area contributed by atoms with Crippen molar-refractivity contribution in [2.45, 2.75) is 6.54 Å². The van der Waals surface area contributed by atoms with Crippen LogP contribution in [0.3, 0.4) is 0 Å². The largest absolute Gasteiger partial charge is 0.332 e. The number of hydrogen-bond donors (Lipinski definition) is 0. The molecule has 1 heterocycles. The van der Waals surface area contributed by atoms with Crippen molar-refractivity contribution >= 4 is 28.4 Å². The van der Waals surface area contributed by atoms with Gasteiger partial charge in [-0.3, -0.25) is 4.79 Å². The van der Waals surface area contributed by atoms with Gasteiger partial charge in [-0.15, -0.1) is 0 Å². The number of anilines is 1. The summed E-state index contributed by atoms with van der Waals surface area (Å²) >= 11 is 0. The summed E-state index contributed by atoms with van der Waals surface area (Å²) in [5.74, 6) is -0.589. The number of hydrogen-bond acceptors (Lipinski definition) is 2. The summed E-state index contributed by atoms with van der Waals surface area (Å²) in [5.41, 5.74) is 1.37. The summed E-state index contributed by atoms with van der Waals surface area (Å²) < 4.78 is 13.0. The minimum Gasteiger partial charge on any atom is -0.310 e. The number of urea groups is 1. The Morgan fingerprint density at radius 3 is 2.40 bits per heavy atom. The van der Waals surface area contributed by atoms with E-state index in [0.29, 0.717) is 5.69 Å². The number of benzene rings is 3. The molecule has 1 aliphatic heterocycles. The lowest BCUT2D eigenvalue weighted by molar-refractivity contribution is -0.116. The predicted octanol–water partition coefficient (Wildman–Crippen LogP) is 3.95. The van der Waals surface area contributed by atoms with Crippen LogP contribution in [0.2, 0.25) is 0 Å². The Bertz CT molecular complexity index is 964. The average Bonchev–Trinajstić information content (AvgIpc) is 2.90. The van der Waals surface area contributed by atoms with E-state index in [1.54, 1.807) is 18.2 Å². The molecule has 4 rings (SSSR count). The van der Waals surface area contributed by atoms with Crippen molar-refractivity contribution in [3.8, 4) is 0 Å². The van der Waals surface area contributed by atoms with Crippen LogP contribution in [-0.2, 0) is 11.3 Å². The Labute approximate surface area is 144 Å². The SMILES string of the molecule is O=C1CN(Cc2ccc(F)cc2)C(=O)N1c1cccc2ccccc12. The van der Waals surface area contributed by atoms with Crippen LogP contribution in [0.15, 0.2) is 66.7 Å². The standard InChI is InChI=1S/C20H15FN2O2/c21-16-10-8-14(9-11-16)12-22-13-19(24)23(20(22)25)18-7-3-5-15-4-1-2-6-17(15)18/h1-11H,12-13H2. The van der Waals surface area contributed by atoms with E-state index in [0.717, 1.165) is 16.3 Å². The summed E-state index contributed by atoms with van der Waals surface area (Å²) in [6.07, 6.45) is 0. The monoisotopic (exact) mass is 334 g/mol. The van der Waals surface area contributed by atoms with Crippen molar-refractivity contribution in [2.75, 3.05) is 11.4 Å². The average molecular weight is 334 g/mol. The van der Waals surface area contributed by atoms with Gasteiger partial charge in [0.2, 0.25) is 0 Å². The van der Waals surface area contributed by atoms with Crippen LogP contribution in [0, 0.1) is 5.82 Å². The highest BCUT2D eigenvalue weighted by molar-refractivity contribution is 6.22. The van der Waals surface area contributed by atoms with Crippen LogP contribution in [0.25, 0.3) is 10.8 Å². The van der Waals surface area contributed by atoms with E-state index >= 15 is 0 Å². The highest BCUT2D eigenvalue weighted by atomic mass is 19.1. The van der Waals surface area contributed by atoms with Gasteiger partial charge in [-0.2, -0.15) is 0 Å². The zero-order valence-corrected chi connectivity index (χ0v) is 13.4. The summed E-state index contributed by atoms with van der Waals surface area (Å²) in [7, 11) is 0. The Balaban J connectivity index is 1.66. The van der Waals surface area contributed by atoms with Crippen LogP contribution in [0.1, 0.15) is 5.56 Å². The molecule has 0 radical (unpaired) electrons. The van der Waals surface area contributed by atoms with Gasteiger partial charge in [0.25, 0.3) is 5.91 Å². The van der Waals surface area contributed by atoms with Crippen molar-refractivity contribution in [3.63, 3.8) is 0 Å². The lowest BCUT2D eigenvalue weighted by Gasteiger charge is -2.18. The maximum absolute atomic E-state index is 13.0. The van der Waals surface area contributed by atoms with Crippen molar-refractivity contribution in [1.29, 1.82) is 0 Å². The Kier molecular flexibility index (Phi) is 3.69. The predicted molar refractivity (Wildman–Crippen MR) is 93.6 cm³/mol. The maximum Gasteiger partial charge on any atom is 0.332 e. The normalized spacial score (nSPS) is 14.6. The molecule has 1 aliphatic rings. The summed E-state index contributed by atoms with van der Waals surface area (Å²) in [6, 6.07) is 18.8. The molecule has 5 heteroatoms. The third kappa shape index (κ3) is 2.74. The van der Waals surface area contributed by atoms with Crippen molar-refractivity contribution in [1.82, 2.24) is 4.90 Å². The molecule has 124 valence electrons. The van der Waals surface area contributed by atoms with Gasteiger partial charge in [-0.25, -0.2) is 14.1 Å². The molecular weight excluding hydrogens is 319 g/mol. The third-order valence-electron chi connectivity index (χ3n) is 4.33. The van der Waals surface area contributed by atoms with E-state index in [9.17, 15) is 14.0 Å². The van der Waals surface area contributed by atoms with Crippen molar-refractivity contribution < 1.29 is 14.0 Å². The first kappa shape index (κ1) is 15.3. The molecule has 0 saturated carbocycles. The van der Waals surface area contributed by atoms with Crippen LogP contribution in [-0.4, -0.2) is 23.4 Å². The van der Waals surface area contributed by atoms with E-state index in [-0.39, 0.29) is 30.8 Å². The second-order valence-electron chi connectivity index (χ2n) is 5.99. The van der Waals surface area contributed by atoms with Crippen LogP contribution >= 0.6 is 0 Å². The number of rotatable bonds is 3. The maximum atomic E-state index is 13.0. The summed E-state index contributed by atoms with van der Waals surface area (Å²) in [6.45, 7) is 0.283. The van der Waals surface area contributed by atoms with Gasteiger partial charge in [-0.1, -0.05) is 48.5 Å². The Hall–Kier alpha value is -3.21. The van der Waals surface area contributed by atoms with E-state index in [2.05, 4.69) is 0 Å². The van der Waals surface area contributed by atoms with Crippen LogP contribution in [0.5, 0.6) is 0 Å². The molecule has 0 unspecified atom stereocenters. The fraction of sp³-hybridized carbons (Fsp3) is 0.100. The molecular formula is C20H15FN2O2. The second-order valence-corrected chi connectivity index (χ2v) is 5.99. The Morgan fingerprint density at radius 2 is 1.60 bits per heavy atom. The fourth-order valence-electron chi connectivity index (χ4n) is 3.12. The third-order valence-corrected chi connectivity index (χ3v) is 4.33. The number of halogens is 1. The minimum atomic E-state index is -0.356. The van der Waals surface area contributed by atoms with Gasteiger partial charge >= 0.3 is 6.03 Å². The van der Waals surface area contributed by atoms with Crippen molar-refractivity contribution in [2.24, 2.45) is 0 Å². The summed E-state index contributed by atoms with van der Waals surface area (Å²) in [5, 5.41) is 1.83. The number of nitrogens with zero attached hydrogens (tertiary/aromatic N) is 2. The highest BCUT2D eigenvalue weighted by Gasteiger charge is 2.37. The molecule has 0 aliphatic carbocycles. The van der Waals surface area contributed by atoms with Gasteiger partial charge in [0.1, 0.15) is 12.4 Å². The zero-order chi connectivity index (χ0) is 17.4. The van der Waals surface area contributed by atoms with Gasteiger partial charge in [0.05, 0.1) is 5.69 Å². The lowest BCUT2D eigenvalue weighted by atomic mass is 10.1.